The standard InChI is InChI=1S/C20H30N2O6S/c1-15(2)7-8-16(3)21-19(23)14-28-20(24)17-5-4-6-18(13-17)29(25,26)22-9-11-27-12-10-22/h4-6,13,15-16H,7-12,14H2,1-3H3,(H,21,23)/t16-/m0/s1. The molecule has 0 unspecified atom stereocenters. The Balaban J connectivity index is 1.93. The molecule has 0 spiro atoms. The lowest BCUT2D eigenvalue weighted by Gasteiger charge is -2.26. The van der Waals surface area contributed by atoms with Crippen LogP contribution in [0, 0.1) is 5.92 Å². The van der Waals surface area contributed by atoms with Crippen molar-refractivity contribution in [2.75, 3.05) is 32.9 Å². The van der Waals surface area contributed by atoms with Gasteiger partial charge in [-0.25, -0.2) is 13.2 Å². The van der Waals surface area contributed by atoms with E-state index >= 15 is 0 Å². The molecule has 1 aliphatic heterocycles. The van der Waals surface area contributed by atoms with Crippen LogP contribution in [-0.2, 0) is 24.3 Å². The van der Waals surface area contributed by atoms with E-state index in [9.17, 15) is 18.0 Å². The highest BCUT2D eigenvalue weighted by Crippen LogP contribution is 2.18. The van der Waals surface area contributed by atoms with Gasteiger partial charge < -0.3 is 14.8 Å². The molecule has 8 nitrogen and oxygen atoms in total. The van der Waals surface area contributed by atoms with Gasteiger partial charge in [-0.15, -0.1) is 0 Å². The maximum absolute atomic E-state index is 12.7. The number of benzene rings is 1. The molecular formula is C20H30N2O6S. The molecule has 9 heteroatoms. The SMILES string of the molecule is CC(C)CC[C@H](C)NC(=O)COC(=O)c1cccc(S(=O)(=O)N2CCOCC2)c1. The van der Waals surface area contributed by atoms with Crippen LogP contribution in [0.4, 0.5) is 0 Å². The van der Waals surface area contributed by atoms with Crippen LogP contribution in [0.2, 0.25) is 0 Å². The highest BCUT2D eigenvalue weighted by atomic mass is 32.2. The van der Waals surface area contributed by atoms with Gasteiger partial charge in [0.05, 0.1) is 23.7 Å². The molecule has 0 aliphatic carbocycles. The molecule has 1 N–H and O–H groups in total. The van der Waals surface area contributed by atoms with Crippen molar-refractivity contribution in [3.8, 4) is 0 Å². The number of nitrogens with one attached hydrogen (secondary N) is 1. The molecular weight excluding hydrogens is 396 g/mol. The molecule has 0 radical (unpaired) electrons. The average Bonchev–Trinajstić information content (AvgIpc) is 2.71. The van der Waals surface area contributed by atoms with Crippen molar-refractivity contribution in [2.24, 2.45) is 5.92 Å². The van der Waals surface area contributed by atoms with Crippen LogP contribution >= 0.6 is 0 Å². The Hall–Kier alpha value is -1.97. The lowest BCUT2D eigenvalue weighted by Crippen LogP contribution is -2.40. The Labute approximate surface area is 172 Å². The van der Waals surface area contributed by atoms with E-state index in [-0.39, 0.29) is 35.5 Å². The van der Waals surface area contributed by atoms with E-state index in [2.05, 4.69) is 19.2 Å². The fourth-order valence-electron chi connectivity index (χ4n) is 2.91. The monoisotopic (exact) mass is 426 g/mol. The van der Waals surface area contributed by atoms with E-state index in [0.29, 0.717) is 19.1 Å². The third-order valence-corrected chi connectivity index (χ3v) is 6.49. The van der Waals surface area contributed by atoms with Crippen LogP contribution in [0.5, 0.6) is 0 Å². The minimum absolute atomic E-state index is 0.00871. The lowest BCUT2D eigenvalue weighted by atomic mass is 10.0. The molecule has 29 heavy (non-hydrogen) atoms. The minimum Gasteiger partial charge on any atom is -0.452 e. The predicted octanol–water partition coefficient (Wildman–Crippen LogP) is 1.81. The van der Waals surface area contributed by atoms with Gasteiger partial charge in [0.1, 0.15) is 0 Å². The molecule has 1 aliphatic rings. The first-order chi connectivity index (χ1) is 13.7. The van der Waals surface area contributed by atoms with E-state index < -0.39 is 22.6 Å². The molecule has 1 atom stereocenters. The van der Waals surface area contributed by atoms with Crippen molar-refractivity contribution in [3.63, 3.8) is 0 Å². The first-order valence-electron chi connectivity index (χ1n) is 9.84. The molecule has 0 aromatic heterocycles. The number of ether oxygens (including phenoxy) is 2. The second kappa shape index (κ2) is 10.7. The highest BCUT2D eigenvalue weighted by Gasteiger charge is 2.27. The van der Waals surface area contributed by atoms with Gasteiger partial charge in [0.15, 0.2) is 6.61 Å². The number of esters is 1. The molecule has 0 saturated carbocycles. The number of carbonyl (C=O) groups excluding carboxylic acids is 2. The van der Waals surface area contributed by atoms with Crippen molar-refractivity contribution < 1.29 is 27.5 Å². The van der Waals surface area contributed by atoms with Gasteiger partial charge in [0.25, 0.3) is 5.91 Å². The number of rotatable bonds is 9. The molecule has 2 rings (SSSR count). The zero-order chi connectivity index (χ0) is 21.4. The number of amides is 1. The average molecular weight is 427 g/mol. The zero-order valence-electron chi connectivity index (χ0n) is 17.2. The molecule has 162 valence electrons. The largest absolute Gasteiger partial charge is 0.452 e. The van der Waals surface area contributed by atoms with Crippen molar-refractivity contribution in [1.29, 1.82) is 0 Å². The van der Waals surface area contributed by atoms with Gasteiger partial charge in [-0.3, -0.25) is 4.79 Å². The summed E-state index contributed by atoms with van der Waals surface area (Å²) in [5.41, 5.74) is 0.0833. The smallest absolute Gasteiger partial charge is 0.338 e. The van der Waals surface area contributed by atoms with Crippen molar-refractivity contribution >= 4 is 21.9 Å². The van der Waals surface area contributed by atoms with Crippen LogP contribution in [0.15, 0.2) is 29.2 Å². The van der Waals surface area contributed by atoms with Crippen LogP contribution < -0.4 is 5.32 Å². The number of nitrogens with zero attached hydrogens (tertiary/aromatic N) is 1. The van der Waals surface area contributed by atoms with Gasteiger partial charge in [-0.1, -0.05) is 19.9 Å². The topological polar surface area (TPSA) is 102 Å². The first kappa shape index (κ1) is 23.3. The normalized spacial score (nSPS) is 16.4. The van der Waals surface area contributed by atoms with E-state index in [1.165, 1.54) is 28.6 Å². The highest BCUT2D eigenvalue weighted by molar-refractivity contribution is 7.89. The Kier molecular flexibility index (Phi) is 8.60. The van der Waals surface area contributed by atoms with E-state index in [1.54, 1.807) is 0 Å². The summed E-state index contributed by atoms with van der Waals surface area (Å²) in [4.78, 5) is 24.3. The van der Waals surface area contributed by atoms with Crippen LogP contribution in [0.1, 0.15) is 44.0 Å². The number of hydrogen-bond acceptors (Lipinski definition) is 6. The third-order valence-electron chi connectivity index (χ3n) is 4.60. The minimum atomic E-state index is -3.71. The molecule has 1 amide bonds. The fourth-order valence-corrected chi connectivity index (χ4v) is 4.36. The number of carbonyl (C=O) groups is 2. The van der Waals surface area contributed by atoms with Crippen LogP contribution in [0.25, 0.3) is 0 Å². The van der Waals surface area contributed by atoms with Crippen molar-refractivity contribution in [2.45, 2.75) is 44.6 Å². The summed E-state index contributed by atoms with van der Waals surface area (Å²) in [6, 6.07) is 5.65. The summed E-state index contributed by atoms with van der Waals surface area (Å²) in [6.45, 7) is 6.94. The zero-order valence-corrected chi connectivity index (χ0v) is 18.0. The second-order valence-corrected chi connectivity index (χ2v) is 9.50. The first-order valence-corrected chi connectivity index (χ1v) is 11.3. The Bertz CT molecular complexity index is 803. The summed E-state index contributed by atoms with van der Waals surface area (Å²) in [5.74, 6) is -0.575. The van der Waals surface area contributed by atoms with Crippen molar-refractivity contribution in [1.82, 2.24) is 9.62 Å². The summed E-state index contributed by atoms with van der Waals surface area (Å²) < 4.78 is 37.0. The Morgan fingerprint density at radius 2 is 1.86 bits per heavy atom. The van der Waals surface area contributed by atoms with Gasteiger partial charge in [-0.2, -0.15) is 4.31 Å². The van der Waals surface area contributed by atoms with Gasteiger partial charge in [0, 0.05) is 19.1 Å². The number of morpholine rings is 1. The summed E-state index contributed by atoms with van der Waals surface area (Å²) >= 11 is 0. The molecule has 1 heterocycles. The van der Waals surface area contributed by atoms with E-state index in [1.807, 2.05) is 6.92 Å². The fraction of sp³-hybridized carbons (Fsp3) is 0.600. The van der Waals surface area contributed by atoms with E-state index in [0.717, 1.165) is 12.8 Å². The maximum Gasteiger partial charge on any atom is 0.338 e. The number of hydrogen-bond donors (Lipinski definition) is 1. The summed E-state index contributed by atoms with van der Waals surface area (Å²) in [6.07, 6.45) is 1.84. The van der Waals surface area contributed by atoms with Crippen LogP contribution in [0.3, 0.4) is 0 Å². The molecule has 0 bridgehead atoms. The van der Waals surface area contributed by atoms with Crippen molar-refractivity contribution in [3.05, 3.63) is 29.8 Å². The summed E-state index contributed by atoms with van der Waals surface area (Å²) in [5, 5.41) is 2.79. The molecule has 1 fully saturated rings. The van der Waals surface area contributed by atoms with E-state index in [4.69, 9.17) is 9.47 Å². The Morgan fingerprint density at radius 1 is 1.17 bits per heavy atom. The molecule has 1 aromatic rings. The Morgan fingerprint density at radius 3 is 2.52 bits per heavy atom. The van der Waals surface area contributed by atoms with Gasteiger partial charge in [0.2, 0.25) is 10.0 Å². The molecule has 1 aromatic carbocycles. The van der Waals surface area contributed by atoms with Gasteiger partial charge >= 0.3 is 5.97 Å². The lowest BCUT2D eigenvalue weighted by molar-refractivity contribution is -0.124. The molecule has 1 saturated heterocycles. The van der Waals surface area contributed by atoms with Gasteiger partial charge in [-0.05, 0) is 43.9 Å². The maximum atomic E-state index is 12.7. The predicted molar refractivity (Wildman–Crippen MR) is 108 cm³/mol. The summed E-state index contributed by atoms with van der Waals surface area (Å²) in [7, 11) is -3.71. The second-order valence-electron chi connectivity index (χ2n) is 7.56. The number of sulfonamides is 1. The third kappa shape index (κ3) is 7.09. The quantitative estimate of drug-likeness (QED) is 0.604. The van der Waals surface area contributed by atoms with Crippen LogP contribution in [-0.4, -0.2) is 63.6 Å².